The molecule has 0 radical (unpaired) electrons. The van der Waals surface area contributed by atoms with Gasteiger partial charge in [-0.15, -0.1) is 0 Å². The molecule has 8 nitrogen and oxygen atoms in total. The van der Waals surface area contributed by atoms with Gasteiger partial charge in [0.25, 0.3) is 15.0 Å². The fraction of sp³-hybridized carbons (Fsp3) is 0.263. The largest absolute Gasteiger partial charge is 0.319 e. The molecule has 2 atom stereocenters. The van der Waals surface area contributed by atoms with Gasteiger partial charge in [0.2, 0.25) is 0 Å². The molecule has 0 spiro atoms. The molecule has 12 heteroatoms. The molecule has 0 aliphatic carbocycles. The summed E-state index contributed by atoms with van der Waals surface area (Å²) in [6, 6.07) is 18.5. The van der Waals surface area contributed by atoms with E-state index in [4.69, 9.17) is 33.5 Å². The van der Waals surface area contributed by atoms with Crippen LogP contribution in [0.25, 0.3) is 0 Å². The SMILES string of the molecule is COP(=O)(CP(=O)(NN(C)C(=S)c1ccccc1)OC)NN(C)C(=S)c1ccccc1. The Bertz CT molecular complexity index is 915. The van der Waals surface area contributed by atoms with Crippen LogP contribution in [-0.2, 0) is 18.2 Å². The van der Waals surface area contributed by atoms with Crippen LogP contribution in [0.2, 0.25) is 0 Å². The Morgan fingerprint density at radius 1 is 0.774 bits per heavy atom. The number of benzene rings is 2. The lowest BCUT2D eigenvalue weighted by Crippen LogP contribution is -2.40. The third-order valence-corrected chi connectivity index (χ3v) is 10.6. The van der Waals surface area contributed by atoms with E-state index in [1.165, 1.54) is 24.2 Å². The van der Waals surface area contributed by atoms with E-state index in [-0.39, 0.29) is 0 Å². The Balaban J connectivity index is 2.12. The van der Waals surface area contributed by atoms with Crippen molar-refractivity contribution in [1.29, 1.82) is 0 Å². The van der Waals surface area contributed by atoms with Gasteiger partial charge >= 0.3 is 0 Å². The van der Waals surface area contributed by atoms with Crippen molar-refractivity contribution in [1.82, 2.24) is 20.4 Å². The van der Waals surface area contributed by atoms with Crippen molar-refractivity contribution in [2.45, 2.75) is 0 Å². The molecule has 0 bridgehead atoms. The van der Waals surface area contributed by atoms with Gasteiger partial charge in [0.1, 0.15) is 15.9 Å². The first-order valence-corrected chi connectivity index (χ1v) is 13.6. The molecule has 0 heterocycles. The minimum atomic E-state index is -3.66. The van der Waals surface area contributed by atoms with Crippen LogP contribution in [0, 0.1) is 0 Å². The second kappa shape index (κ2) is 11.4. The van der Waals surface area contributed by atoms with Gasteiger partial charge in [-0.05, 0) is 0 Å². The first-order chi connectivity index (χ1) is 14.6. The first kappa shape index (κ1) is 25.8. The number of hydrogen-bond acceptors (Lipinski definition) is 6. The Hall–Kier alpha value is -1.48. The number of hydrazine groups is 2. The number of nitrogens with zero attached hydrogens (tertiary/aromatic N) is 2. The maximum absolute atomic E-state index is 13.3. The van der Waals surface area contributed by atoms with Crippen molar-refractivity contribution in [3.8, 4) is 0 Å². The Labute approximate surface area is 193 Å². The molecule has 2 unspecified atom stereocenters. The smallest absolute Gasteiger partial charge is 0.297 e. The van der Waals surface area contributed by atoms with Gasteiger partial charge < -0.3 is 9.05 Å². The minimum absolute atomic E-state index is 0.403. The Morgan fingerprint density at radius 3 is 1.39 bits per heavy atom. The summed E-state index contributed by atoms with van der Waals surface area (Å²) in [7, 11) is -1.55. The summed E-state index contributed by atoms with van der Waals surface area (Å²) < 4.78 is 37.1. The van der Waals surface area contributed by atoms with Crippen LogP contribution in [0.1, 0.15) is 11.1 Å². The van der Waals surface area contributed by atoms with E-state index in [9.17, 15) is 9.13 Å². The van der Waals surface area contributed by atoms with E-state index in [0.29, 0.717) is 9.98 Å². The van der Waals surface area contributed by atoms with Crippen molar-refractivity contribution < 1.29 is 18.2 Å². The molecular weight excluding hydrogens is 474 g/mol. The van der Waals surface area contributed by atoms with Crippen LogP contribution in [0.4, 0.5) is 0 Å². The van der Waals surface area contributed by atoms with E-state index < -0.39 is 20.9 Å². The highest BCUT2D eigenvalue weighted by Crippen LogP contribution is 2.58. The van der Waals surface area contributed by atoms with Crippen LogP contribution in [0.5, 0.6) is 0 Å². The molecule has 2 rings (SSSR count). The Kier molecular flexibility index (Phi) is 9.48. The van der Waals surface area contributed by atoms with E-state index in [1.807, 2.05) is 60.7 Å². The quantitative estimate of drug-likeness (QED) is 0.281. The topological polar surface area (TPSA) is 83.1 Å². The van der Waals surface area contributed by atoms with E-state index >= 15 is 0 Å². The van der Waals surface area contributed by atoms with Gasteiger partial charge in [-0.25, -0.2) is 0 Å². The van der Waals surface area contributed by atoms with Gasteiger partial charge in [-0.2, -0.15) is 10.4 Å². The molecule has 0 aliphatic heterocycles. The fourth-order valence-corrected chi connectivity index (χ4v) is 7.77. The van der Waals surface area contributed by atoms with Crippen LogP contribution >= 0.6 is 39.5 Å². The summed E-state index contributed by atoms with van der Waals surface area (Å²) in [6.07, 6.45) is 0. The van der Waals surface area contributed by atoms with Crippen molar-refractivity contribution in [3.05, 3.63) is 71.8 Å². The average Bonchev–Trinajstić information content (AvgIpc) is 2.78. The van der Waals surface area contributed by atoms with Gasteiger partial charge in [0.15, 0.2) is 0 Å². The van der Waals surface area contributed by atoms with Crippen molar-refractivity contribution >= 4 is 49.5 Å². The fourth-order valence-electron chi connectivity index (χ4n) is 2.60. The summed E-state index contributed by atoms with van der Waals surface area (Å²) in [4.78, 5) is 0.806. The molecule has 2 N–H and O–H groups in total. The van der Waals surface area contributed by atoms with Gasteiger partial charge in [-0.1, -0.05) is 85.1 Å². The van der Waals surface area contributed by atoms with Crippen molar-refractivity contribution in [2.75, 3.05) is 34.2 Å². The van der Waals surface area contributed by atoms with Gasteiger partial charge in [0.05, 0.1) is 0 Å². The molecule has 0 fully saturated rings. The molecule has 0 aromatic heterocycles. The highest BCUT2D eigenvalue weighted by Gasteiger charge is 2.37. The number of thiocarbonyl (C=S) groups is 2. The lowest BCUT2D eigenvalue weighted by molar-refractivity contribution is 0.330. The van der Waals surface area contributed by atoms with Gasteiger partial charge in [0, 0.05) is 39.4 Å². The normalized spacial score (nSPS) is 14.8. The molecule has 0 amide bonds. The van der Waals surface area contributed by atoms with Crippen LogP contribution in [-0.4, -0.2) is 54.2 Å². The predicted octanol–water partition coefficient (Wildman–Crippen LogP) is 4.25. The van der Waals surface area contributed by atoms with Crippen molar-refractivity contribution in [2.24, 2.45) is 0 Å². The standard InChI is InChI=1S/C19H26N4O4P2S2/c1-22(18(30)16-11-7-5-8-12-16)20-28(24,26-3)15-29(25,27-4)21-23(2)19(31)17-13-9-6-10-14-17/h5-14H,15H2,1-4H3,(H,20,24)(H,21,25). The number of rotatable bonds is 10. The molecule has 0 aliphatic rings. The molecule has 0 saturated heterocycles. The van der Waals surface area contributed by atoms with E-state index in [0.717, 1.165) is 11.1 Å². The average molecular weight is 501 g/mol. The van der Waals surface area contributed by atoms with Crippen molar-refractivity contribution in [3.63, 3.8) is 0 Å². The zero-order valence-corrected chi connectivity index (χ0v) is 21.1. The highest BCUT2D eigenvalue weighted by atomic mass is 32.1. The maximum Gasteiger partial charge on any atom is 0.297 e. The maximum atomic E-state index is 13.3. The summed E-state index contributed by atoms with van der Waals surface area (Å²) in [5, 5.41) is 8.31. The van der Waals surface area contributed by atoms with Crippen LogP contribution in [0.3, 0.4) is 0 Å². The second-order valence-corrected chi connectivity index (χ2v) is 12.2. The first-order valence-electron chi connectivity index (χ1n) is 9.14. The highest BCUT2D eigenvalue weighted by molar-refractivity contribution is 7.81. The lowest BCUT2D eigenvalue weighted by atomic mass is 10.2. The summed E-state index contributed by atoms with van der Waals surface area (Å²) >= 11 is 10.9. The Morgan fingerprint density at radius 2 is 1.10 bits per heavy atom. The summed E-state index contributed by atoms with van der Waals surface area (Å²) in [5.41, 5.74) is 1.52. The molecule has 2 aromatic rings. The minimum Gasteiger partial charge on any atom is -0.319 e. The molecule has 31 heavy (non-hydrogen) atoms. The van der Waals surface area contributed by atoms with E-state index in [2.05, 4.69) is 10.4 Å². The molecule has 0 saturated carbocycles. The third kappa shape index (κ3) is 7.27. The second-order valence-electron chi connectivity index (χ2n) is 6.51. The zero-order valence-electron chi connectivity index (χ0n) is 17.7. The lowest BCUT2D eigenvalue weighted by Gasteiger charge is -2.31. The van der Waals surface area contributed by atoms with Crippen LogP contribution in [0.15, 0.2) is 60.7 Å². The summed E-state index contributed by atoms with van der Waals surface area (Å²) in [5.74, 6) is -0.434. The predicted molar refractivity (Wildman–Crippen MR) is 132 cm³/mol. The monoisotopic (exact) mass is 500 g/mol. The molecule has 2 aromatic carbocycles. The molecule has 168 valence electrons. The van der Waals surface area contributed by atoms with E-state index in [1.54, 1.807) is 14.1 Å². The van der Waals surface area contributed by atoms with Crippen LogP contribution < -0.4 is 10.4 Å². The number of nitrogens with one attached hydrogen (secondary N) is 2. The van der Waals surface area contributed by atoms with Gasteiger partial charge in [-0.3, -0.25) is 19.1 Å². The summed E-state index contributed by atoms with van der Waals surface area (Å²) in [6.45, 7) is 0. The zero-order chi connectivity index (χ0) is 23.1. The number of hydrogen-bond donors (Lipinski definition) is 2. The third-order valence-electron chi connectivity index (χ3n) is 4.22. The molecular formula is C19H26N4O4P2S2.